The van der Waals surface area contributed by atoms with Crippen LogP contribution >= 0.6 is 0 Å². The van der Waals surface area contributed by atoms with Crippen molar-refractivity contribution in [1.82, 2.24) is 4.90 Å². The first kappa shape index (κ1) is 13.5. The molecule has 0 aliphatic carbocycles. The third kappa shape index (κ3) is 4.10. The van der Waals surface area contributed by atoms with E-state index in [1.807, 2.05) is 11.8 Å². The maximum absolute atomic E-state index is 11.8. The van der Waals surface area contributed by atoms with Gasteiger partial charge in [-0.15, -0.1) is 0 Å². The number of carbonyl (C=O) groups is 1. The summed E-state index contributed by atoms with van der Waals surface area (Å²) in [5.74, 6) is 0.447. The SMILES string of the molecule is COCCCC(=O)N1CCCC(C(C)O)C1. The number of aliphatic hydroxyl groups is 1. The monoisotopic (exact) mass is 229 g/mol. The van der Waals surface area contributed by atoms with Crippen molar-refractivity contribution in [2.75, 3.05) is 26.8 Å². The largest absolute Gasteiger partial charge is 0.393 e. The van der Waals surface area contributed by atoms with Gasteiger partial charge < -0.3 is 14.7 Å². The highest BCUT2D eigenvalue weighted by molar-refractivity contribution is 5.76. The molecule has 0 aromatic heterocycles. The highest BCUT2D eigenvalue weighted by atomic mass is 16.5. The highest BCUT2D eigenvalue weighted by Crippen LogP contribution is 2.20. The van der Waals surface area contributed by atoms with Gasteiger partial charge in [0.15, 0.2) is 0 Å². The second kappa shape index (κ2) is 6.86. The number of piperidine rings is 1. The van der Waals surface area contributed by atoms with E-state index in [1.165, 1.54) is 0 Å². The van der Waals surface area contributed by atoms with Crippen LogP contribution in [0.25, 0.3) is 0 Å². The Labute approximate surface area is 97.6 Å². The van der Waals surface area contributed by atoms with Gasteiger partial charge in [0.2, 0.25) is 5.91 Å². The van der Waals surface area contributed by atoms with Crippen molar-refractivity contribution in [2.45, 2.75) is 38.7 Å². The Hall–Kier alpha value is -0.610. The van der Waals surface area contributed by atoms with E-state index >= 15 is 0 Å². The molecule has 1 aliphatic rings. The standard InChI is InChI=1S/C12H23NO3/c1-10(14)11-5-3-7-13(9-11)12(15)6-4-8-16-2/h10-11,14H,3-9H2,1-2H3. The summed E-state index contributed by atoms with van der Waals surface area (Å²) in [5, 5.41) is 9.53. The van der Waals surface area contributed by atoms with E-state index < -0.39 is 0 Å². The van der Waals surface area contributed by atoms with Crippen LogP contribution in [0.2, 0.25) is 0 Å². The number of hydrogen-bond donors (Lipinski definition) is 1. The summed E-state index contributed by atoms with van der Waals surface area (Å²) in [6.45, 7) is 4.00. The van der Waals surface area contributed by atoms with E-state index in [2.05, 4.69) is 0 Å². The van der Waals surface area contributed by atoms with Gasteiger partial charge in [0, 0.05) is 39.1 Å². The normalized spacial score (nSPS) is 23.2. The van der Waals surface area contributed by atoms with Crippen LogP contribution < -0.4 is 0 Å². The Kier molecular flexibility index (Phi) is 5.77. The Morgan fingerprint density at radius 3 is 3.00 bits per heavy atom. The molecule has 1 N–H and O–H groups in total. The third-order valence-corrected chi connectivity index (χ3v) is 3.23. The fraction of sp³-hybridized carbons (Fsp3) is 0.917. The molecular weight excluding hydrogens is 206 g/mol. The molecule has 2 atom stereocenters. The van der Waals surface area contributed by atoms with E-state index in [1.54, 1.807) is 7.11 Å². The zero-order valence-corrected chi connectivity index (χ0v) is 10.3. The lowest BCUT2D eigenvalue weighted by atomic mass is 9.93. The second-order valence-corrected chi connectivity index (χ2v) is 4.58. The molecule has 1 saturated heterocycles. The average Bonchev–Trinajstić information content (AvgIpc) is 2.29. The lowest BCUT2D eigenvalue weighted by Gasteiger charge is -2.34. The lowest BCUT2D eigenvalue weighted by molar-refractivity contribution is -0.134. The number of methoxy groups -OCH3 is 1. The van der Waals surface area contributed by atoms with Gasteiger partial charge in [0.25, 0.3) is 0 Å². The summed E-state index contributed by atoms with van der Waals surface area (Å²) in [5.41, 5.74) is 0. The molecule has 1 rings (SSSR count). The minimum atomic E-state index is -0.311. The van der Waals surface area contributed by atoms with Crippen LogP contribution in [0.1, 0.15) is 32.6 Å². The second-order valence-electron chi connectivity index (χ2n) is 4.58. The molecule has 4 heteroatoms. The first-order valence-corrected chi connectivity index (χ1v) is 6.10. The molecule has 1 aliphatic heterocycles. The summed E-state index contributed by atoms with van der Waals surface area (Å²) >= 11 is 0. The number of aliphatic hydroxyl groups excluding tert-OH is 1. The number of rotatable bonds is 5. The molecule has 0 radical (unpaired) electrons. The molecule has 2 unspecified atom stereocenters. The van der Waals surface area contributed by atoms with Gasteiger partial charge in [0.05, 0.1) is 6.10 Å². The highest BCUT2D eigenvalue weighted by Gasteiger charge is 2.25. The van der Waals surface area contributed by atoms with Crippen LogP contribution in [0.5, 0.6) is 0 Å². The maximum Gasteiger partial charge on any atom is 0.222 e. The van der Waals surface area contributed by atoms with Crippen LogP contribution in [-0.2, 0) is 9.53 Å². The van der Waals surface area contributed by atoms with Crippen molar-refractivity contribution in [2.24, 2.45) is 5.92 Å². The van der Waals surface area contributed by atoms with Crippen molar-refractivity contribution < 1.29 is 14.6 Å². The fourth-order valence-electron chi connectivity index (χ4n) is 2.16. The summed E-state index contributed by atoms with van der Waals surface area (Å²) in [6.07, 6.45) is 3.06. The van der Waals surface area contributed by atoms with Crippen molar-refractivity contribution in [3.8, 4) is 0 Å². The van der Waals surface area contributed by atoms with Gasteiger partial charge in [0.1, 0.15) is 0 Å². The fourth-order valence-corrected chi connectivity index (χ4v) is 2.16. The molecule has 0 bridgehead atoms. The van der Waals surface area contributed by atoms with Gasteiger partial charge in [-0.05, 0) is 26.2 Å². The van der Waals surface area contributed by atoms with Crippen LogP contribution in [0.3, 0.4) is 0 Å². The number of ether oxygens (including phenoxy) is 1. The van der Waals surface area contributed by atoms with Gasteiger partial charge in [-0.3, -0.25) is 4.79 Å². The van der Waals surface area contributed by atoms with Crippen molar-refractivity contribution in [3.63, 3.8) is 0 Å². The lowest BCUT2D eigenvalue weighted by Crippen LogP contribution is -2.42. The molecule has 4 nitrogen and oxygen atoms in total. The number of amides is 1. The molecule has 1 heterocycles. The Morgan fingerprint density at radius 1 is 1.62 bits per heavy atom. The molecule has 94 valence electrons. The average molecular weight is 229 g/mol. The van der Waals surface area contributed by atoms with Crippen LogP contribution in [-0.4, -0.2) is 48.8 Å². The number of carbonyl (C=O) groups excluding carboxylic acids is 1. The molecular formula is C12H23NO3. The van der Waals surface area contributed by atoms with E-state index in [4.69, 9.17) is 4.74 Å². The Morgan fingerprint density at radius 2 is 2.38 bits per heavy atom. The zero-order valence-electron chi connectivity index (χ0n) is 10.3. The van der Waals surface area contributed by atoms with Gasteiger partial charge >= 0.3 is 0 Å². The summed E-state index contributed by atoms with van der Waals surface area (Å²) in [6, 6.07) is 0. The van der Waals surface area contributed by atoms with E-state index in [0.29, 0.717) is 19.6 Å². The smallest absolute Gasteiger partial charge is 0.222 e. The third-order valence-electron chi connectivity index (χ3n) is 3.23. The van der Waals surface area contributed by atoms with Crippen LogP contribution in [0.4, 0.5) is 0 Å². The van der Waals surface area contributed by atoms with E-state index in [-0.39, 0.29) is 17.9 Å². The zero-order chi connectivity index (χ0) is 12.0. The topological polar surface area (TPSA) is 49.8 Å². The molecule has 1 fully saturated rings. The number of nitrogens with zero attached hydrogens (tertiary/aromatic N) is 1. The molecule has 0 spiro atoms. The van der Waals surface area contributed by atoms with Crippen molar-refractivity contribution >= 4 is 5.91 Å². The first-order valence-electron chi connectivity index (χ1n) is 6.10. The number of likely N-dealkylation sites (tertiary alicyclic amines) is 1. The summed E-state index contributed by atoms with van der Waals surface area (Å²) < 4.78 is 4.93. The van der Waals surface area contributed by atoms with Crippen LogP contribution in [0.15, 0.2) is 0 Å². The minimum absolute atomic E-state index is 0.197. The Balaban J connectivity index is 2.32. The molecule has 16 heavy (non-hydrogen) atoms. The van der Waals surface area contributed by atoms with Gasteiger partial charge in [-0.25, -0.2) is 0 Å². The van der Waals surface area contributed by atoms with Crippen molar-refractivity contribution in [1.29, 1.82) is 0 Å². The molecule has 1 amide bonds. The maximum atomic E-state index is 11.8. The van der Waals surface area contributed by atoms with Gasteiger partial charge in [-0.2, -0.15) is 0 Å². The van der Waals surface area contributed by atoms with E-state index in [0.717, 1.165) is 25.8 Å². The summed E-state index contributed by atoms with van der Waals surface area (Å²) in [4.78, 5) is 13.7. The molecule has 0 aromatic carbocycles. The first-order chi connectivity index (χ1) is 7.65. The summed E-state index contributed by atoms with van der Waals surface area (Å²) in [7, 11) is 1.65. The van der Waals surface area contributed by atoms with Gasteiger partial charge in [-0.1, -0.05) is 0 Å². The van der Waals surface area contributed by atoms with Crippen LogP contribution in [0, 0.1) is 5.92 Å². The predicted octanol–water partition coefficient (Wildman–Crippen LogP) is 1.03. The molecule has 0 saturated carbocycles. The van der Waals surface area contributed by atoms with E-state index in [9.17, 15) is 9.90 Å². The Bertz CT molecular complexity index is 218. The minimum Gasteiger partial charge on any atom is -0.393 e. The predicted molar refractivity (Wildman–Crippen MR) is 62.1 cm³/mol. The van der Waals surface area contributed by atoms with Crippen molar-refractivity contribution in [3.05, 3.63) is 0 Å². The quantitative estimate of drug-likeness (QED) is 0.716. The molecule has 0 aromatic rings. The number of hydrogen-bond acceptors (Lipinski definition) is 3.